The summed E-state index contributed by atoms with van der Waals surface area (Å²) in [5.41, 5.74) is 0.865. The van der Waals surface area contributed by atoms with Crippen molar-refractivity contribution < 1.29 is 13.3 Å². The van der Waals surface area contributed by atoms with Crippen LogP contribution in [0.15, 0.2) is 29.4 Å². The smallest absolute Gasteiger partial charge is 0.271 e. The standard InChI is InChI=1S/C16H21N5O4S/c1-11-8-13(21(22)23)9-15(12(11)2)26(24,25)20-7-4-17-10-14(20)16-18-5-6-19(16)3/h5-6,8-9,14,17H,4,7,10H2,1-3H3. The molecule has 1 unspecified atom stereocenters. The number of hydrogen-bond acceptors (Lipinski definition) is 6. The van der Waals surface area contributed by atoms with Gasteiger partial charge >= 0.3 is 0 Å². The SMILES string of the molecule is Cc1cc([N+](=O)[O-])cc(S(=O)(=O)N2CCNCC2c2nccn2C)c1C. The first-order valence-electron chi connectivity index (χ1n) is 8.19. The third-order valence-electron chi connectivity index (χ3n) is 4.75. The average Bonchev–Trinajstić information content (AvgIpc) is 3.02. The first kappa shape index (κ1) is 18.5. The predicted octanol–water partition coefficient (Wildman–Crippen LogP) is 1.28. The van der Waals surface area contributed by atoms with Crippen LogP contribution in [-0.2, 0) is 17.1 Å². The molecule has 1 atom stereocenters. The second-order valence-electron chi connectivity index (χ2n) is 6.37. The zero-order valence-corrected chi connectivity index (χ0v) is 15.7. The highest BCUT2D eigenvalue weighted by molar-refractivity contribution is 7.89. The number of aryl methyl sites for hydroxylation is 2. The molecular formula is C16H21N5O4S. The van der Waals surface area contributed by atoms with Crippen molar-refractivity contribution in [2.24, 2.45) is 7.05 Å². The van der Waals surface area contributed by atoms with Crippen molar-refractivity contribution in [1.82, 2.24) is 19.2 Å². The number of hydrogen-bond donors (Lipinski definition) is 1. The summed E-state index contributed by atoms with van der Waals surface area (Å²) in [4.78, 5) is 14.9. The molecule has 3 rings (SSSR count). The normalized spacial score (nSPS) is 18.8. The van der Waals surface area contributed by atoms with Gasteiger partial charge < -0.3 is 9.88 Å². The molecule has 0 amide bonds. The van der Waals surface area contributed by atoms with Crippen molar-refractivity contribution >= 4 is 15.7 Å². The molecule has 1 aromatic heterocycles. The summed E-state index contributed by atoms with van der Waals surface area (Å²) in [6, 6.07) is 2.06. The maximum atomic E-state index is 13.4. The minimum Gasteiger partial charge on any atom is -0.337 e. The van der Waals surface area contributed by atoms with E-state index in [-0.39, 0.29) is 17.1 Å². The van der Waals surface area contributed by atoms with Gasteiger partial charge in [-0.1, -0.05) is 0 Å². The molecule has 140 valence electrons. The van der Waals surface area contributed by atoms with E-state index >= 15 is 0 Å². The van der Waals surface area contributed by atoms with Crippen LogP contribution in [-0.4, -0.2) is 46.8 Å². The quantitative estimate of drug-likeness (QED) is 0.633. The number of non-ortho nitro benzene ring substituents is 1. The molecule has 2 aromatic rings. The Morgan fingerprint density at radius 3 is 2.69 bits per heavy atom. The van der Waals surface area contributed by atoms with Gasteiger partial charge in [0.2, 0.25) is 10.0 Å². The molecule has 0 radical (unpaired) electrons. The number of nitrogens with zero attached hydrogens (tertiary/aromatic N) is 4. The van der Waals surface area contributed by atoms with Crippen LogP contribution < -0.4 is 5.32 Å². The number of rotatable bonds is 4. The highest BCUT2D eigenvalue weighted by Crippen LogP contribution is 2.32. The van der Waals surface area contributed by atoms with Crippen LogP contribution in [0.25, 0.3) is 0 Å². The van der Waals surface area contributed by atoms with Gasteiger partial charge in [-0.15, -0.1) is 0 Å². The minimum atomic E-state index is -3.93. The average molecular weight is 379 g/mol. The Labute approximate surface area is 151 Å². The summed E-state index contributed by atoms with van der Waals surface area (Å²) in [6.07, 6.45) is 3.38. The summed E-state index contributed by atoms with van der Waals surface area (Å²) in [6.45, 7) is 4.55. The van der Waals surface area contributed by atoms with E-state index in [0.29, 0.717) is 30.0 Å². The van der Waals surface area contributed by atoms with E-state index in [1.54, 1.807) is 30.8 Å². The molecule has 1 saturated heterocycles. The summed E-state index contributed by atoms with van der Waals surface area (Å²) in [5, 5.41) is 14.4. The van der Waals surface area contributed by atoms with Crippen LogP contribution in [0.5, 0.6) is 0 Å². The molecule has 1 N–H and O–H groups in total. The number of piperazine rings is 1. The number of nitrogens with one attached hydrogen (secondary N) is 1. The van der Waals surface area contributed by atoms with Crippen LogP contribution in [0.4, 0.5) is 5.69 Å². The van der Waals surface area contributed by atoms with Gasteiger partial charge in [-0.2, -0.15) is 4.31 Å². The number of imidazole rings is 1. The lowest BCUT2D eigenvalue weighted by atomic mass is 10.1. The molecule has 0 saturated carbocycles. The fraction of sp³-hybridized carbons (Fsp3) is 0.438. The highest BCUT2D eigenvalue weighted by Gasteiger charge is 2.38. The number of sulfonamides is 1. The van der Waals surface area contributed by atoms with Crippen molar-refractivity contribution in [3.63, 3.8) is 0 Å². The summed E-state index contributed by atoms with van der Waals surface area (Å²) in [7, 11) is -2.12. The van der Waals surface area contributed by atoms with Gasteiger partial charge in [-0.05, 0) is 25.0 Å². The topological polar surface area (TPSA) is 110 Å². The second-order valence-corrected chi connectivity index (χ2v) is 8.23. The number of nitro benzene ring substituents is 1. The van der Waals surface area contributed by atoms with Crippen molar-refractivity contribution in [3.8, 4) is 0 Å². The van der Waals surface area contributed by atoms with E-state index < -0.39 is 21.0 Å². The van der Waals surface area contributed by atoms with Crippen molar-refractivity contribution in [2.75, 3.05) is 19.6 Å². The summed E-state index contributed by atoms with van der Waals surface area (Å²) < 4.78 is 30.0. The van der Waals surface area contributed by atoms with Crippen LogP contribution in [0.2, 0.25) is 0 Å². The molecule has 0 spiro atoms. The van der Waals surface area contributed by atoms with Gasteiger partial charge in [0.1, 0.15) is 5.82 Å². The third-order valence-corrected chi connectivity index (χ3v) is 6.79. The molecule has 26 heavy (non-hydrogen) atoms. The Morgan fingerprint density at radius 1 is 1.35 bits per heavy atom. The Bertz CT molecular complexity index is 954. The van der Waals surface area contributed by atoms with Gasteiger partial charge in [0.05, 0.1) is 15.9 Å². The van der Waals surface area contributed by atoms with Gasteiger partial charge in [0.15, 0.2) is 0 Å². The summed E-state index contributed by atoms with van der Waals surface area (Å²) in [5.74, 6) is 0.626. The van der Waals surface area contributed by atoms with E-state index in [0.717, 1.165) is 6.07 Å². The zero-order chi connectivity index (χ0) is 19.1. The molecule has 1 aromatic carbocycles. The maximum absolute atomic E-state index is 13.4. The van der Waals surface area contributed by atoms with Crippen LogP contribution >= 0.6 is 0 Å². The fourth-order valence-corrected chi connectivity index (χ4v) is 5.11. The first-order valence-corrected chi connectivity index (χ1v) is 9.63. The molecule has 0 bridgehead atoms. The van der Waals surface area contributed by atoms with Gasteiger partial charge in [-0.25, -0.2) is 13.4 Å². The molecule has 1 aliphatic rings. The zero-order valence-electron chi connectivity index (χ0n) is 14.8. The lowest BCUT2D eigenvalue weighted by Gasteiger charge is -2.35. The minimum absolute atomic E-state index is 0.0229. The Morgan fingerprint density at radius 2 is 2.08 bits per heavy atom. The second kappa shape index (κ2) is 6.78. The number of nitro groups is 1. The van der Waals surface area contributed by atoms with Crippen LogP contribution in [0.1, 0.15) is 23.0 Å². The van der Waals surface area contributed by atoms with Gasteiger partial charge in [0.25, 0.3) is 5.69 Å². The largest absolute Gasteiger partial charge is 0.337 e. The Hall–Kier alpha value is -2.30. The van der Waals surface area contributed by atoms with Crippen LogP contribution in [0.3, 0.4) is 0 Å². The monoisotopic (exact) mass is 379 g/mol. The van der Waals surface area contributed by atoms with Crippen molar-refractivity contribution in [2.45, 2.75) is 24.8 Å². The number of benzene rings is 1. The fourth-order valence-electron chi connectivity index (χ4n) is 3.20. The van der Waals surface area contributed by atoms with Crippen molar-refractivity contribution in [1.29, 1.82) is 0 Å². The molecule has 1 aliphatic heterocycles. The molecule has 1 fully saturated rings. The van der Waals surface area contributed by atoms with Crippen LogP contribution in [0, 0.1) is 24.0 Å². The van der Waals surface area contributed by atoms with E-state index in [1.807, 2.05) is 7.05 Å². The third kappa shape index (κ3) is 3.11. The maximum Gasteiger partial charge on any atom is 0.271 e. The lowest BCUT2D eigenvalue weighted by Crippen LogP contribution is -2.49. The van der Waals surface area contributed by atoms with E-state index in [4.69, 9.17) is 0 Å². The van der Waals surface area contributed by atoms with E-state index in [1.165, 1.54) is 10.4 Å². The van der Waals surface area contributed by atoms with Gasteiger partial charge in [0, 0.05) is 51.2 Å². The molecule has 0 aliphatic carbocycles. The van der Waals surface area contributed by atoms with Gasteiger partial charge in [-0.3, -0.25) is 10.1 Å². The van der Waals surface area contributed by atoms with Crippen molar-refractivity contribution in [3.05, 3.63) is 51.6 Å². The number of aromatic nitrogens is 2. The summed E-state index contributed by atoms with van der Waals surface area (Å²) >= 11 is 0. The highest BCUT2D eigenvalue weighted by atomic mass is 32.2. The lowest BCUT2D eigenvalue weighted by molar-refractivity contribution is -0.385. The van der Waals surface area contributed by atoms with E-state index in [9.17, 15) is 18.5 Å². The molecule has 2 heterocycles. The molecular weight excluding hydrogens is 358 g/mol. The Kier molecular flexibility index (Phi) is 4.82. The molecule has 9 nitrogen and oxygen atoms in total. The predicted molar refractivity (Wildman–Crippen MR) is 95.3 cm³/mol. The Balaban J connectivity index is 2.12. The van der Waals surface area contributed by atoms with E-state index in [2.05, 4.69) is 10.3 Å². The molecule has 10 heteroatoms. The first-order chi connectivity index (χ1) is 12.2.